The van der Waals surface area contributed by atoms with Crippen LogP contribution >= 0.6 is 0 Å². The molecule has 3 aromatic carbocycles. The molecule has 1 heterocycles. The number of aryl methyl sites for hydroxylation is 1. The number of methoxy groups -OCH3 is 1. The number of nitrogens with zero attached hydrogens (tertiary/aromatic N) is 2. The van der Waals surface area contributed by atoms with Crippen molar-refractivity contribution in [3.05, 3.63) is 99.2 Å². The van der Waals surface area contributed by atoms with Crippen molar-refractivity contribution in [3.8, 4) is 5.75 Å². The van der Waals surface area contributed by atoms with E-state index in [2.05, 4.69) is 5.32 Å². The Hall–Kier alpha value is -4.46. The first-order valence-corrected chi connectivity index (χ1v) is 10.2. The van der Waals surface area contributed by atoms with Gasteiger partial charge < -0.3 is 10.1 Å². The maximum Gasteiger partial charge on any atom is 0.282 e. The number of hydrogen-bond donors (Lipinski definition) is 1. The van der Waals surface area contributed by atoms with Gasteiger partial charge in [-0.2, -0.15) is 0 Å². The molecule has 4 rings (SSSR count). The van der Waals surface area contributed by atoms with Gasteiger partial charge in [0.2, 0.25) is 0 Å². The van der Waals surface area contributed by atoms with Gasteiger partial charge in [0, 0.05) is 23.9 Å². The van der Waals surface area contributed by atoms with Crippen LogP contribution < -0.4 is 15.0 Å². The molecule has 1 aliphatic rings. The van der Waals surface area contributed by atoms with Crippen LogP contribution in [-0.2, 0) is 9.59 Å². The van der Waals surface area contributed by atoms with Gasteiger partial charge >= 0.3 is 0 Å². The van der Waals surface area contributed by atoms with Gasteiger partial charge in [-0.05, 0) is 60.9 Å². The van der Waals surface area contributed by atoms with Gasteiger partial charge in [-0.3, -0.25) is 19.7 Å². The molecule has 3 aromatic rings. The Morgan fingerprint density at radius 2 is 1.64 bits per heavy atom. The third-order valence-electron chi connectivity index (χ3n) is 5.63. The molecule has 0 saturated carbocycles. The number of non-ortho nitro benzene ring substituents is 1. The number of nitro benzene ring substituents is 1. The van der Waals surface area contributed by atoms with Gasteiger partial charge in [0.25, 0.3) is 17.5 Å². The summed E-state index contributed by atoms with van der Waals surface area (Å²) in [6, 6.07) is 17.9. The van der Waals surface area contributed by atoms with E-state index in [4.69, 9.17) is 4.74 Å². The third-order valence-corrected chi connectivity index (χ3v) is 5.63. The Labute approximate surface area is 190 Å². The second-order valence-corrected chi connectivity index (χ2v) is 7.57. The number of imide groups is 1. The number of nitrogens with one attached hydrogen (secondary N) is 1. The van der Waals surface area contributed by atoms with E-state index < -0.39 is 16.7 Å². The first-order valence-electron chi connectivity index (χ1n) is 10.2. The Kier molecular flexibility index (Phi) is 5.66. The topological polar surface area (TPSA) is 102 Å². The number of ether oxygens (including phenoxy) is 1. The summed E-state index contributed by atoms with van der Waals surface area (Å²) < 4.78 is 5.24. The van der Waals surface area contributed by atoms with E-state index in [-0.39, 0.29) is 17.0 Å². The number of carbonyl (C=O) groups is 2. The van der Waals surface area contributed by atoms with Crippen molar-refractivity contribution >= 4 is 34.4 Å². The van der Waals surface area contributed by atoms with Gasteiger partial charge in [-0.15, -0.1) is 0 Å². The first-order chi connectivity index (χ1) is 15.8. The van der Waals surface area contributed by atoms with Crippen LogP contribution in [0.25, 0.3) is 5.57 Å². The van der Waals surface area contributed by atoms with E-state index in [1.165, 1.54) is 31.4 Å². The molecular formula is C25H21N3O5. The Balaban J connectivity index is 1.84. The van der Waals surface area contributed by atoms with Crippen LogP contribution in [0, 0.1) is 24.0 Å². The minimum Gasteiger partial charge on any atom is -0.497 e. The van der Waals surface area contributed by atoms with E-state index in [1.54, 1.807) is 24.3 Å². The maximum atomic E-state index is 13.5. The predicted octanol–water partition coefficient (Wildman–Crippen LogP) is 4.62. The molecule has 0 fully saturated rings. The number of benzene rings is 3. The summed E-state index contributed by atoms with van der Waals surface area (Å²) in [6.07, 6.45) is 0. The molecule has 0 bridgehead atoms. The van der Waals surface area contributed by atoms with E-state index in [0.29, 0.717) is 22.7 Å². The second kappa shape index (κ2) is 8.58. The van der Waals surface area contributed by atoms with Gasteiger partial charge in [-0.25, -0.2) is 4.90 Å². The fourth-order valence-corrected chi connectivity index (χ4v) is 3.67. The molecule has 8 nitrogen and oxygen atoms in total. The third kappa shape index (κ3) is 3.94. The lowest BCUT2D eigenvalue weighted by Gasteiger charge is -2.16. The zero-order chi connectivity index (χ0) is 23.7. The highest BCUT2D eigenvalue weighted by Crippen LogP contribution is 2.36. The molecule has 1 N–H and O–H groups in total. The summed E-state index contributed by atoms with van der Waals surface area (Å²) in [4.78, 5) is 38.7. The van der Waals surface area contributed by atoms with Crippen molar-refractivity contribution in [3.63, 3.8) is 0 Å². The molecule has 1 aliphatic heterocycles. The number of rotatable bonds is 6. The Morgan fingerprint density at radius 3 is 2.30 bits per heavy atom. The number of anilines is 2. The Bertz CT molecular complexity index is 1310. The minimum atomic E-state index is -0.532. The molecule has 0 atom stereocenters. The van der Waals surface area contributed by atoms with Crippen LogP contribution in [0.15, 0.2) is 72.4 Å². The fourth-order valence-electron chi connectivity index (χ4n) is 3.67. The lowest BCUT2D eigenvalue weighted by Crippen LogP contribution is -2.32. The van der Waals surface area contributed by atoms with Gasteiger partial charge in [0.1, 0.15) is 11.4 Å². The van der Waals surface area contributed by atoms with Crippen molar-refractivity contribution in [1.29, 1.82) is 0 Å². The summed E-state index contributed by atoms with van der Waals surface area (Å²) in [5.74, 6) is -0.557. The summed E-state index contributed by atoms with van der Waals surface area (Å²) >= 11 is 0. The quantitative estimate of drug-likeness (QED) is 0.339. The van der Waals surface area contributed by atoms with Crippen LogP contribution in [-0.4, -0.2) is 23.8 Å². The second-order valence-electron chi connectivity index (χ2n) is 7.57. The van der Waals surface area contributed by atoms with Crippen LogP contribution in [0.3, 0.4) is 0 Å². The summed E-state index contributed by atoms with van der Waals surface area (Å²) in [6.45, 7) is 3.88. The molecule has 0 unspecified atom stereocenters. The highest BCUT2D eigenvalue weighted by Gasteiger charge is 2.40. The zero-order valence-corrected chi connectivity index (χ0v) is 18.3. The molecule has 0 aromatic heterocycles. The molecular weight excluding hydrogens is 422 g/mol. The van der Waals surface area contributed by atoms with Gasteiger partial charge in [0.05, 0.1) is 23.3 Å². The smallest absolute Gasteiger partial charge is 0.282 e. The molecule has 2 amide bonds. The monoisotopic (exact) mass is 443 g/mol. The first kappa shape index (κ1) is 21.8. The molecule has 33 heavy (non-hydrogen) atoms. The highest BCUT2D eigenvalue weighted by molar-refractivity contribution is 6.46. The molecule has 0 saturated heterocycles. The van der Waals surface area contributed by atoms with Crippen molar-refractivity contribution in [1.82, 2.24) is 0 Å². The standard InChI is InChI=1S/C25H21N3O5/c1-15-6-4-9-21(16(15)2)26-23-22(17-10-12-18(13-11-17)28(31)32)24(29)27(25(23)30)19-7-5-8-20(14-19)33-3/h4-14,26H,1-3H3. The normalized spacial score (nSPS) is 13.5. The number of nitro groups is 1. The van der Waals surface area contributed by atoms with Crippen LogP contribution in [0.2, 0.25) is 0 Å². The van der Waals surface area contributed by atoms with Gasteiger partial charge in [0.15, 0.2) is 0 Å². The average Bonchev–Trinajstić information content (AvgIpc) is 3.06. The average molecular weight is 443 g/mol. The molecule has 0 spiro atoms. The molecule has 0 radical (unpaired) electrons. The fraction of sp³-hybridized carbons (Fsp3) is 0.120. The largest absolute Gasteiger partial charge is 0.497 e. The van der Waals surface area contributed by atoms with Crippen molar-refractivity contribution < 1.29 is 19.2 Å². The molecule has 8 heteroatoms. The van der Waals surface area contributed by atoms with Crippen LogP contribution in [0.5, 0.6) is 5.75 Å². The Morgan fingerprint density at radius 1 is 0.939 bits per heavy atom. The van der Waals surface area contributed by atoms with Crippen molar-refractivity contribution in [2.45, 2.75) is 13.8 Å². The number of carbonyl (C=O) groups excluding carboxylic acids is 2. The van der Waals surface area contributed by atoms with Gasteiger partial charge in [-0.1, -0.05) is 18.2 Å². The van der Waals surface area contributed by atoms with E-state index >= 15 is 0 Å². The molecule has 166 valence electrons. The number of amides is 2. The van der Waals surface area contributed by atoms with E-state index in [1.807, 2.05) is 32.0 Å². The predicted molar refractivity (Wildman–Crippen MR) is 125 cm³/mol. The number of hydrogen-bond acceptors (Lipinski definition) is 6. The highest BCUT2D eigenvalue weighted by atomic mass is 16.6. The lowest BCUT2D eigenvalue weighted by atomic mass is 10.0. The lowest BCUT2D eigenvalue weighted by molar-refractivity contribution is -0.384. The zero-order valence-electron chi connectivity index (χ0n) is 18.3. The van der Waals surface area contributed by atoms with Crippen molar-refractivity contribution in [2.24, 2.45) is 0 Å². The maximum absolute atomic E-state index is 13.5. The minimum absolute atomic E-state index is 0.102. The molecule has 0 aliphatic carbocycles. The summed E-state index contributed by atoms with van der Waals surface area (Å²) in [5.41, 5.74) is 3.55. The van der Waals surface area contributed by atoms with Crippen molar-refractivity contribution in [2.75, 3.05) is 17.3 Å². The van der Waals surface area contributed by atoms with E-state index in [0.717, 1.165) is 16.0 Å². The SMILES string of the molecule is COc1cccc(N2C(=O)C(Nc3cccc(C)c3C)=C(c3ccc([N+](=O)[O-])cc3)C2=O)c1. The summed E-state index contributed by atoms with van der Waals surface area (Å²) in [5, 5.41) is 14.2. The van der Waals surface area contributed by atoms with Crippen LogP contribution in [0.1, 0.15) is 16.7 Å². The van der Waals surface area contributed by atoms with E-state index in [9.17, 15) is 19.7 Å². The van der Waals surface area contributed by atoms with Crippen LogP contribution in [0.4, 0.5) is 17.1 Å². The summed E-state index contributed by atoms with van der Waals surface area (Å²) in [7, 11) is 1.50.